The summed E-state index contributed by atoms with van der Waals surface area (Å²) >= 11 is 0. The number of para-hydroxylation sites is 1. The molecule has 2 aromatic heterocycles. The SMILES string of the molecule is CC(C)c1coc(-c2nc3oc2C24c5ccccc5N[C@H]2Oc2ccc(cc24)C[C@H](CC(=O)[C@@H](O)C(C)C)C(=O)N[C@H]3C(C)C)n1. The van der Waals surface area contributed by atoms with Crippen LogP contribution in [-0.2, 0) is 21.4 Å². The summed E-state index contributed by atoms with van der Waals surface area (Å²) in [4.78, 5) is 37.0. The van der Waals surface area contributed by atoms with Crippen molar-refractivity contribution in [2.75, 3.05) is 5.32 Å². The smallest absolute Gasteiger partial charge is 0.249 e. The van der Waals surface area contributed by atoms with Crippen LogP contribution in [0.3, 0.4) is 0 Å². The zero-order chi connectivity index (χ0) is 32.5. The predicted octanol–water partition coefficient (Wildman–Crippen LogP) is 5.89. The number of aliphatic hydroxyl groups excluding tert-OH is 1. The molecule has 2 aromatic carbocycles. The number of carbonyl (C=O) groups is 2. The van der Waals surface area contributed by atoms with E-state index in [1.165, 1.54) is 0 Å². The van der Waals surface area contributed by atoms with Crippen LogP contribution in [0.5, 0.6) is 5.75 Å². The third kappa shape index (κ3) is 4.64. The van der Waals surface area contributed by atoms with Gasteiger partial charge in [0.2, 0.25) is 17.7 Å². The zero-order valence-electron chi connectivity index (χ0n) is 27.0. The fourth-order valence-electron chi connectivity index (χ4n) is 6.96. The van der Waals surface area contributed by atoms with Crippen LogP contribution in [0.25, 0.3) is 11.6 Å². The number of nitrogens with zero attached hydrogens (tertiary/aromatic N) is 2. The average molecular weight is 625 g/mol. The lowest BCUT2D eigenvalue weighted by molar-refractivity contribution is -0.135. The molecule has 10 nitrogen and oxygen atoms in total. The molecule has 1 spiro atoms. The summed E-state index contributed by atoms with van der Waals surface area (Å²) in [6.45, 7) is 11.6. The van der Waals surface area contributed by atoms with Crippen molar-refractivity contribution in [1.82, 2.24) is 15.3 Å². The molecule has 46 heavy (non-hydrogen) atoms. The van der Waals surface area contributed by atoms with Gasteiger partial charge in [0, 0.05) is 23.6 Å². The van der Waals surface area contributed by atoms with Crippen LogP contribution in [0, 0.1) is 17.8 Å². The van der Waals surface area contributed by atoms with E-state index >= 15 is 0 Å². The molecule has 10 heteroatoms. The largest absolute Gasteiger partial charge is 0.469 e. The first kappa shape index (κ1) is 30.2. The van der Waals surface area contributed by atoms with Crippen LogP contribution in [-0.4, -0.2) is 39.1 Å². The highest BCUT2D eigenvalue weighted by Gasteiger charge is 2.61. The van der Waals surface area contributed by atoms with Crippen molar-refractivity contribution in [3.05, 3.63) is 82.8 Å². The van der Waals surface area contributed by atoms with Crippen molar-refractivity contribution >= 4 is 17.4 Å². The molecule has 7 rings (SSSR count). The normalized spacial score (nSPS) is 23.7. The van der Waals surface area contributed by atoms with Crippen LogP contribution in [0.4, 0.5) is 5.69 Å². The van der Waals surface area contributed by atoms with Gasteiger partial charge in [0.25, 0.3) is 0 Å². The zero-order valence-corrected chi connectivity index (χ0v) is 27.0. The maximum absolute atomic E-state index is 14.0. The lowest BCUT2D eigenvalue weighted by Crippen LogP contribution is -2.41. The van der Waals surface area contributed by atoms with Crippen molar-refractivity contribution < 1.29 is 28.3 Å². The Balaban J connectivity index is 1.48. The van der Waals surface area contributed by atoms with Crippen molar-refractivity contribution in [3.63, 3.8) is 0 Å². The predicted molar refractivity (Wildman–Crippen MR) is 170 cm³/mol. The molecule has 1 amide bonds. The van der Waals surface area contributed by atoms with Gasteiger partial charge in [-0.05, 0) is 47.4 Å². The van der Waals surface area contributed by atoms with Crippen molar-refractivity contribution in [1.29, 1.82) is 0 Å². The second-order valence-electron chi connectivity index (χ2n) is 13.8. The number of ether oxygens (including phenoxy) is 1. The second kappa shape index (κ2) is 11.1. The van der Waals surface area contributed by atoms with Gasteiger partial charge < -0.3 is 29.3 Å². The number of fused-ring (bicyclic) bond motifs is 4. The van der Waals surface area contributed by atoms with Gasteiger partial charge in [0.05, 0.1) is 5.69 Å². The van der Waals surface area contributed by atoms with Gasteiger partial charge in [-0.3, -0.25) is 9.59 Å². The Morgan fingerprint density at radius 2 is 1.83 bits per heavy atom. The molecule has 3 aliphatic heterocycles. The molecular weight excluding hydrogens is 584 g/mol. The summed E-state index contributed by atoms with van der Waals surface area (Å²) in [6, 6.07) is 13.3. The average Bonchev–Trinajstić information content (AvgIpc) is 3.79. The summed E-state index contributed by atoms with van der Waals surface area (Å²) in [5.41, 5.74) is 3.87. The minimum Gasteiger partial charge on any atom is -0.469 e. The third-order valence-corrected chi connectivity index (χ3v) is 9.56. The van der Waals surface area contributed by atoms with E-state index in [-0.39, 0.29) is 35.9 Å². The first-order valence-corrected chi connectivity index (χ1v) is 16.1. The molecule has 4 aromatic rings. The molecule has 4 bridgehead atoms. The summed E-state index contributed by atoms with van der Waals surface area (Å²) in [7, 11) is 0. The first-order chi connectivity index (χ1) is 22.0. The van der Waals surface area contributed by atoms with Gasteiger partial charge in [0.15, 0.2) is 23.5 Å². The number of anilines is 1. The van der Waals surface area contributed by atoms with Gasteiger partial charge in [-0.2, -0.15) is 0 Å². The Morgan fingerprint density at radius 1 is 1.04 bits per heavy atom. The first-order valence-electron chi connectivity index (χ1n) is 16.1. The molecule has 5 heterocycles. The molecule has 3 aliphatic rings. The van der Waals surface area contributed by atoms with Crippen LogP contribution >= 0.6 is 0 Å². The highest BCUT2D eigenvalue weighted by molar-refractivity contribution is 5.89. The van der Waals surface area contributed by atoms with Gasteiger partial charge in [-0.15, -0.1) is 0 Å². The molecule has 3 N–H and O–H groups in total. The summed E-state index contributed by atoms with van der Waals surface area (Å²) in [6.07, 6.45) is 0.143. The molecule has 1 unspecified atom stereocenters. The van der Waals surface area contributed by atoms with Gasteiger partial charge in [0.1, 0.15) is 29.6 Å². The van der Waals surface area contributed by atoms with E-state index in [9.17, 15) is 14.7 Å². The number of hydrogen-bond acceptors (Lipinski definition) is 9. The van der Waals surface area contributed by atoms with Crippen LogP contribution < -0.4 is 15.4 Å². The Hall–Kier alpha value is -4.44. The number of hydrogen-bond donors (Lipinski definition) is 3. The Kier molecular flexibility index (Phi) is 7.31. The fourth-order valence-corrected chi connectivity index (χ4v) is 6.96. The van der Waals surface area contributed by atoms with E-state index < -0.39 is 29.7 Å². The van der Waals surface area contributed by atoms with Crippen LogP contribution in [0.2, 0.25) is 0 Å². The number of aliphatic hydroxyl groups is 1. The maximum atomic E-state index is 14.0. The van der Waals surface area contributed by atoms with Crippen molar-refractivity contribution in [3.8, 4) is 17.3 Å². The number of rotatable bonds is 7. The quantitative estimate of drug-likeness (QED) is 0.230. The molecule has 0 fully saturated rings. The number of oxazole rings is 2. The number of benzene rings is 2. The lowest BCUT2D eigenvalue weighted by Gasteiger charge is -2.28. The van der Waals surface area contributed by atoms with Crippen molar-refractivity contribution in [2.24, 2.45) is 17.8 Å². The van der Waals surface area contributed by atoms with Crippen molar-refractivity contribution in [2.45, 2.75) is 84.1 Å². The number of carbonyl (C=O) groups excluding carboxylic acids is 2. The van der Waals surface area contributed by atoms with Crippen LogP contribution in [0.15, 0.2) is 57.6 Å². The number of nitrogens with one attached hydrogen (secondary N) is 2. The third-order valence-electron chi connectivity index (χ3n) is 9.56. The minimum absolute atomic E-state index is 0.0991. The van der Waals surface area contributed by atoms with E-state index in [1.807, 2.05) is 64.1 Å². The van der Waals surface area contributed by atoms with Gasteiger partial charge >= 0.3 is 0 Å². The highest BCUT2D eigenvalue weighted by Crippen LogP contribution is 2.59. The Bertz CT molecular complexity index is 1820. The van der Waals surface area contributed by atoms with E-state index in [0.29, 0.717) is 35.4 Å². The molecule has 0 radical (unpaired) electrons. The second-order valence-corrected chi connectivity index (χ2v) is 13.8. The van der Waals surface area contributed by atoms with Gasteiger partial charge in [-0.1, -0.05) is 71.9 Å². The molecule has 5 atom stereocenters. The molecular formula is C36H40N4O6. The Labute approximate surface area is 268 Å². The van der Waals surface area contributed by atoms with Crippen LogP contribution in [0.1, 0.15) is 94.0 Å². The van der Waals surface area contributed by atoms with E-state index in [4.69, 9.17) is 23.5 Å². The number of aromatic nitrogens is 2. The van der Waals surface area contributed by atoms with E-state index in [2.05, 4.69) is 16.7 Å². The van der Waals surface area contributed by atoms with E-state index in [0.717, 1.165) is 28.1 Å². The minimum atomic E-state index is -1.15. The molecule has 0 saturated heterocycles. The van der Waals surface area contributed by atoms with E-state index in [1.54, 1.807) is 20.1 Å². The molecule has 0 saturated carbocycles. The standard InChI is InChI=1S/C36H40N4O6/c1-17(2)25-16-44-33(37-25)29-31-36-22-9-7-8-10-24(22)38-35(36)45-27-12-11-20(14-23(27)36)13-21(15-26(41)30(42)19(5)6)32(43)39-28(18(3)4)34(40-29)46-31/h7-12,14,16-19,21,28,30,35,38,42H,13,15H2,1-6H3,(H,39,43)/t21-,28+,30+,35+,36?/m1/s1. The fraction of sp³-hybridized carbons (Fsp3) is 0.444. The summed E-state index contributed by atoms with van der Waals surface area (Å²) in [5, 5.41) is 17.3. The highest BCUT2D eigenvalue weighted by atomic mass is 16.5. The lowest BCUT2D eigenvalue weighted by atomic mass is 9.72. The Morgan fingerprint density at radius 3 is 2.54 bits per heavy atom. The summed E-state index contributed by atoms with van der Waals surface area (Å²) in [5.74, 6) is 0.208. The topological polar surface area (TPSA) is 140 Å². The maximum Gasteiger partial charge on any atom is 0.249 e. The number of ketones is 1. The number of amides is 1. The summed E-state index contributed by atoms with van der Waals surface area (Å²) < 4.78 is 19.5. The molecule has 240 valence electrons. The molecule has 0 aliphatic carbocycles. The monoisotopic (exact) mass is 624 g/mol. The number of Topliss-reactive ketones (excluding diaryl/α,β-unsaturated/α-hetero) is 1. The van der Waals surface area contributed by atoms with Gasteiger partial charge in [-0.25, -0.2) is 9.97 Å².